The van der Waals surface area contributed by atoms with Gasteiger partial charge < -0.3 is 0 Å². The Labute approximate surface area is 131 Å². The lowest BCUT2D eigenvalue weighted by Gasteiger charge is -2.13. The summed E-state index contributed by atoms with van der Waals surface area (Å²) in [6.07, 6.45) is 0. The molecule has 0 aliphatic heterocycles. The molecule has 0 aromatic heterocycles. The molecule has 0 N–H and O–H groups in total. The van der Waals surface area contributed by atoms with Crippen molar-refractivity contribution in [1.29, 1.82) is 0 Å². The second-order valence-corrected chi connectivity index (χ2v) is 5.87. The fourth-order valence-electron chi connectivity index (χ4n) is 3.30. The molecule has 0 bridgehead atoms. The molecule has 4 aromatic carbocycles. The van der Waals surface area contributed by atoms with Gasteiger partial charge in [0.1, 0.15) is 0 Å². The van der Waals surface area contributed by atoms with Crippen LogP contribution in [0, 0.1) is 19.9 Å². The highest BCUT2D eigenvalue weighted by Gasteiger charge is 2.09. The van der Waals surface area contributed by atoms with Gasteiger partial charge in [0, 0.05) is 0 Å². The Balaban J connectivity index is 2.09. The molecule has 0 aliphatic rings. The number of fused-ring (bicyclic) bond motifs is 2. The van der Waals surface area contributed by atoms with Crippen molar-refractivity contribution >= 4 is 21.5 Å². The first-order valence-electron chi connectivity index (χ1n) is 7.64. The van der Waals surface area contributed by atoms with E-state index in [1.165, 1.54) is 43.8 Å². The molecule has 22 heavy (non-hydrogen) atoms. The van der Waals surface area contributed by atoms with Crippen LogP contribution in [0.25, 0.3) is 32.7 Å². The first-order valence-corrected chi connectivity index (χ1v) is 7.64. The van der Waals surface area contributed by atoms with E-state index in [1.54, 1.807) is 0 Å². The molecule has 0 amide bonds. The van der Waals surface area contributed by atoms with Crippen LogP contribution in [0.1, 0.15) is 11.1 Å². The van der Waals surface area contributed by atoms with Gasteiger partial charge in [-0.05, 0) is 69.8 Å². The van der Waals surface area contributed by atoms with E-state index >= 15 is 0 Å². The van der Waals surface area contributed by atoms with E-state index < -0.39 is 0 Å². The van der Waals surface area contributed by atoms with Crippen LogP contribution >= 0.6 is 0 Å². The van der Waals surface area contributed by atoms with Crippen molar-refractivity contribution in [3.05, 3.63) is 83.9 Å². The van der Waals surface area contributed by atoms with E-state index in [2.05, 4.69) is 86.6 Å². The quantitative estimate of drug-likeness (QED) is 0.397. The van der Waals surface area contributed by atoms with Crippen molar-refractivity contribution in [3.8, 4) is 11.1 Å². The zero-order valence-corrected chi connectivity index (χ0v) is 12.9. The first kappa shape index (κ1) is 13.1. The number of aryl methyl sites for hydroxylation is 2. The first-order chi connectivity index (χ1) is 10.7. The lowest BCUT2D eigenvalue weighted by molar-refractivity contribution is 1.46. The van der Waals surface area contributed by atoms with Gasteiger partial charge in [-0.3, -0.25) is 0 Å². The Morgan fingerprint density at radius 1 is 0.682 bits per heavy atom. The fraction of sp³-hybridized carbons (Fsp3) is 0.0909. The zero-order valence-electron chi connectivity index (χ0n) is 12.9. The predicted molar refractivity (Wildman–Crippen MR) is 95.2 cm³/mol. The largest absolute Gasteiger partial charge is 0.0616 e. The Morgan fingerprint density at radius 2 is 1.36 bits per heavy atom. The summed E-state index contributed by atoms with van der Waals surface area (Å²) in [6, 6.07) is 27.4. The van der Waals surface area contributed by atoms with Gasteiger partial charge in [-0.1, -0.05) is 60.7 Å². The Hall–Kier alpha value is -2.60. The third kappa shape index (κ3) is 2.00. The molecule has 0 nitrogen and oxygen atoms in total. The number of hydrogen-bond acceptors (Lipinski definition) is 0. The van der Waals surface area contributed by atoms with E-state index in [0.29, 0.717) is 0 Å². The van der Waals surface area contributed by atoms with Crippen molar-refractivity contribution in [2.24, 2.45) is 0 Å². The molecule has 0 saturated carbocycles. The minimum Gasteiger partial charge on any atom is -0.0616 e. The maximum atomic E-state index is 3.60. The molecule has 0 heterocycles. The van der Waals surface area contributed by atoms with Crippen molar-refractivity contribution in [2.75, 3.05) is 0 Å². The van der Waals surface area contributed by atoms with E-state index in [1.807, 2.05) is 0 Å². The maximum absolute atomic E-state index is 3.60. The minimum atomic E-state index is 1.19. The number of hydrogen-bond donors (Lipinski definition) is 0. The van der Waals surface area contributed by atoms with Crippen LogP contribution in [0.4, 0.5) is 0 Å². The van der Waals surface area contributed by atoms with Gasteiger partial charge in [0.25, 0.3) is 0 Å². The van der Waals surface area contributed by atoms with Crippen molar-refractivity contribution in [2.45, 2.75) is 13.8 Å². The molecule has 0 aliphatic carbocycles. The molecule has 0 heteroatoms. The van der Waals surface area contributed by atoms with Gasteiger partial charge >= 0.3 is 0 Å². The van der Waals surface area contributed by atoms with Crippen LogP contribution in [-0.2, 0) is 0 Å². The average molecular weight is 281 g/mol. The molecule has 105 valence electrons. The Bertz CT molecular complexity index is 993. The molecule has 4 aromatic rings. The Kier molecular flexibility index (Phi) is 2.97. The van der Waals surface area contributed by atoms with Crippen molar-refractivity contribution in [3.63, 3.8) is 0 Å². The van der Waals surface area contributed by atoms with Crippen LogP contribution in [0.2, 0.25) is 0 Å². The topological polar surface area (TPSA) is 0 Å². The third-order valence-corrected chi connectivity index (χ3v) is 4.39. The second-order valence-electron chi connectivity index (χ2n) is 5.87. The van der Waals surface area contributed by atoms with E-state index in [4.69, 9.17) is 0 Å². The third-order valence-electron chi connectivity index (χ3n) is 4.39. The summed E-state index contributed by atoms with van der Waals surface area (Å²) < 4.78 is 0. The Morgan fingerprint density at radius 3 is 2.18 bits per heavy atom. The van der Waals surface area contributed by atoms with Crippen molar-refractivity contribution < 1.29 is 0 Å². The SMILES string of the molecule is Cc1ccc2ccccc2c1-c1[c]c(C)c2ccccc2c1. The van der Waals surface area contributed by atoms with Gasteiger partial charge in [-0.15, -0.1) is 0 Å². The van der Waals surface area contributed by atoms with Crippen molar-refractivity contribution in [1.82, 2.24) is 0 Å². The second kappa shape index (κ2) is 4.99. The highest BCUT2D eigenvalue weighted by atomic mass is 14.1. The average Bonchev–Trinajstić information content (AvgIpc) is 2.54. The smallest absolute Gasteiger partial charge is 0.00603 e. The predicted octanol–water partition coefficient (Wildman–Crippen LogP) is 6.08. The van der Waals surface area contributed by atoms with Gasteiger partial charge in [-0.2, -0.15) is 0 Å². The van der Waals surface area contributed by atoms with Gasteiger partial charge in [0.05, 0.1) is 0 Å². The molecule has 4 rings (SSSR count). The molecule has 1 radical (unpaired) electrons. The van der Waals surface area contributed by atoms with E-state index in [9.17, 15) is 0 Å². The lowest BCUT2D eigenvalue weighted by Crippen LogP contribution is -1.89. The van der Waals surface area contributed by atoms with Gasteiger partial charge in [0.2, 0.25) is 0 Å². The number of benzene rings is 4. The lowest BCUT2D eigenvalue weighted by atomic mass is 9.91. The van der Waals surface area contributed by atoms with Crippen LogP contribution in [0.5, 0.6) is 0 Å². The monoisotopic (exact) mass is 281 g/mol. The molecule has 0 fully saturated rings. The normalized spacial score (nSPS) is 11.2. The molecular formula is C22H17. The summed E-state index contributed by atoms with van der Waals surface area (Å²) in [6.45, 7) is 4.33. The van der Waals surface area contributed by atoms with Gasteiger partial charge in [-0.25, -0.2) is 0 Å². The highest BCUT2D eigenvalue weighted by molar-refractivity contribution is 6.00. The van der Waals surface area contributed by atoms with Crippen LogP contribution in [0.3, 0.4) is 0 Å². The van der Waals surface area contributed by atoms with Gasteiger partial charge in [0.15, 0.2) is 0 Å². The van der Waals surface area contributed by atoms with Crippen LogP contribution in [0.15, 0.2) is 66.7 Å². The summed E-state index contributed by atoms with van der Waals surface area (Å²) in [5.41, 5.74) is 4.99. The molecule has 0 spiro atoms. The summed E-state index contributed by atoms with van der Waals surface area (Å²) in [5.74, 6) is 0. The fourth-order valence-corrected chi connectivity index (χ4v) is 3.30. The highest BCUT2D eigenvalue weighted by Crippen LogP contribution is 2.34. The zero-order chi connectivity index (χ0) is 15.1. The molecule has 0 atom stereocenters. The molecule has 0 unspecified atom stereocenters. The summed E-state index contributed by atoms with van der Waals surface area (Å²) >= 11 is 0. The summed E-state index contributed by atoms with van der Waals surface area (Å²) in [4.78, 5) is 0. The summed E-state index contributed by atoms with van der Waals surface area (Å²) in [7, 11) is 0. The summed E-state index contributed by atoms with van der Waals surface area (Å²) in [5, 5.41) is 5.14. The minimum absolute atomic E-state index is 1.19. The standard InChI is InChI=1S/C22H17/c1-15-11-12-17-7-3-6-10-21(17)22(15)19-13-16(2)20-9-5-4-8-18(20)14-19/h3-12,14H,1-2H3. The van der Waals surface area contributed by atoms with Crippen LogP contribution in [-0.4, -0.2) is 0 Å². The molecule has 0 saturated heterocycles. The number of rotatable bonds is 1. The maximum Gasteiger partial charge on any atom is -0.00603 e. The molecular weight excluding hydrogens is 264 g/mol. The van der Waals surface area contributed by atoms with E-state index in [-0.39, 0.29) is 0 Å². The van der Waals surface area contributed by atoms with E-state index in [0.717, 1.165) is 0 Å². The van der Waals surface area contributed by atoms with Crippen LogP contribution < -0.4 is 0 Å².